The quantitative estimate of drug-likeness (QED) is 0.698. The lowest BCUT2D eigenvalue weighted by Gasteiger charge is -2.06. The van der Waals surface area contributed by atoms with Crippen LogP contribution >= 0.6 is 0 Å². The Morgan fingerprint density at radius 2 is 2.00 bits per heavy atom. The summed E-state index contributed by atoms with van der Waals surface area (Å²) in [4.78, 5) is 12.0. The summed E-state index contributed by atoms with van der Waals surface area (Å²) in [5, 5.41) is 3.99. The van der Waals surface area contributed by atoms with Gasteiger partial charge in [0.25, 0.3) is 0 Å². The van der Waals surface area contributed by atoms with Gasteiger partial charge in [-0.2, -0.15) is 5.10 Å². The molecule has 0 saturated carbocycles. The van der Waals surface area contributed by atoms with E-state index in [9.17, 15) is 4.79 Å². The molecule has 2 aromatic rings. The zero-order valence-electron chi connectivity index (χ0n) is 13.1. The van der Waals surface area contributed by atoms with Crippen LogP contribution in [0.15, 0.2) is 41.5 Å². The van der Waals surface area contributed by atoms with Crippen molar-refractivity contribution in [2.24, 2.45) is 5.10 Å². The first kappa shape index (κ1) is 15.1. The van der Waals surface area contributed by atoms with Crippen molar-refractivity contribution in [2.45, 2.75) is 20.3 Å². The number of aryl methyl sites for hydroxylation is 2. The molecule has 3 rings (SSSR count). The molecular formula is C18H18N2O3. The number of hydrogen-bond acceptors (Lipinski definition) is 4. The van der Waals surface area contributed by atoms with Crippen molar-refractivity contribution >= 4 is 12.1 Å². The van der Waals surface area contributed by atoms with Gasteiger partial charge >= 0.3 is 0 Å². The number of amides is 1. The molecule has 0 fully saturated rings. The van der Waals surface area contributed by atoms with Crippen LogP contribution in [0.1, 0.15) is 22.3 Å². The van der Waals surface area contributed by atoms with Gasteiger partial charge in [0.2, 0.25) is 12.7 Å². The lowest BCUT2D eigenvalue weighted by Crippen LogP contribution is -2.20. The fourth-order valence-corrected chi connectivity index (χ4v) is 2.38. The van der Waals surface area contributed by atoms with Crippen LogP contribution in [0.4, 0.5) is 0 Å². The summed E-state index contributed by atoms with van der Waals surface area (Å²) >= 11 is 0. The molecule has 1 amide bonds. The Labute approximate surface area is 134 Å². The number of benzene rings is 2. The molecule has 0 unspecified atom stereocenters. The molecule has 1 aliphatic rings. The van der Waals surface area contributed by atoms with Crippen molar-refractivity contribution in [3.63, 3.8) is 0 Å². The zero-order chi connectivity index (χ0) is 16.2. The zero-order valence-corrected chi connectivity index (χ0v) is 13.1. The Balaban J connectivity index is 1.59. The van der Waals surface area contributed by atoms with E-state index < -0.39 is 0 Å². The third-order valence-corrected chi connectivity index (χ3v) is 3.66. The van der Waals surface area contributed by atoms with Gasteiger partial charge in [-0.05, 0) is 48.7 Å². The van der Waals surface area contributed by atoms with Crippen LogP contribution in [-0.2, 0) is 11.2 Å². The number of fused-ring (bicyclic) bond motifs is 1. The molecule has 5 nitrogen and oxygen atoms in total. The SMILES string of the molecule is Cc1ccc(C)c(CC(=O)N/N=C/c2ccc3c(c2)OCO3)c1. The van der Waals surface area contributed by atoms with Crippen LogP contribution < -0.4 is 14.9 Å². The van der Waals surface area contributed by atoms with Gasteiger partial charge in [-0.3, -0.25) is 4.79 Å². The molecule has 1 heterocycles. The maximum atomic E-state index is 12.0. The molecule has 0 aliphatic carbocycles. The number of nitrogens with zero attached hydrogens (tertiary/aromatic N) is 1. The fourth-order valence-electron chi connectivity index (χ4n) is 2.38. The largest absolute Gasteiger partial charge is 0.454 e. The summed E-state index contributed by atoms with van der Waals surface area (Å²) in [6, 6.07) is 11.6. The van der Waals surface area contributed by atoms with Crippen molar-refractivity contribution < 1.29 is 14.3 Å². The van der Waals surface area contributed by atoms with Crippen molar-refractivity contribution in [1.29, 1.82) is 0 Å². The van der Waals surface area contributed by atoms with Gasteiger partial charge in [-0.15, -0.1) is 0 Å². The molecule has 5 heteroatoms. The highest BCUT2D eigenvalue weighted by Crippen LogP contribution is 2.31. The fraction of sp³-hybridized carbons (Fsp3) is 0.222. The van der Waals surface area contributed by atoms with E-state index in [2.05, 4.69) is 10.5 Å². The predicted molar refractivity (Wildman–Crippen MR) is 87.9 cm³/mol. The normalized spacial score (nSPS) is 12.6. The summed E-state index contributed by atoms with van der Waals surface area (Å²) in [7, 11) is 0. The number of hydrazone groups is 1. The van der Waals surface area contributed by atoms with Gasteiger partial charge in [-0.1, -0.05) is 23.8 Å². The molecular weight excluding hydrogens is 292 g/mol. The predicted octanol–water partition coefficient (Wildman–Crippen LogP) is 2.72. The Bertz CT molecular complexity index is 769. The average Bonchev–Trinajstić information content (AvgIpc) is 2.98. The van der Waals surface area contributed by atoms with Crippen LogP contribution in [0.5, 0.6) is 11.5 Å². The second-order valence-electron chi connectivity index (χ2n) is 5.51. The molecule has 0 radical (unpaired) electrons. The Hall–Kier alpha value is -2.82. The van der Waals surface area contributed by atoms with Crippen molar-refractivity contribution in [2.75, 3.05) is 6.79 Å². The maximum absolute atomic E-state index is 12.0. The Morgan fingerprint density at radius 3 is 2.87 bits per heavy atom. The minimum absolute atomic E-state index is 0.143. The smallest absolute Gasteiger partial charge is 0.244 e. The van der Waals surface area contributed by atoms with E-state index in [-0.39, 0.29) is 12.7 Å². The molecule has 0 bridgehead atoms. The monoisotopic (exact) mass is 310 g/mol. The highest BCUT2D eigenvalue weighted by atomic mass is 16.7. The molecule has 0 spiro atoms. The lowest BCUT2D eigenvalue weighted by atomic mass is 10.0. The molecule has 0 aromatic heterocycles. The molecule has 118 valence electrons. The number of carbonyl (C=O) groups excluding carboxylic acids is 1. The maximum Gasteiger partial charge on any atom is 0.244 e. The minimum Gasteiger partial charge on any atom is -0.454 e. The van der Waals surface area contributed by atoms with Gasteiger partial charge in [0.15, 0.2) is 11.5 Å². The third-order valence-electron chi connectivity index (χ3n) is 3.66. The van der Waals surface area contributed by atoms with E-state index in [1.807, 2.05) is 50.2 Å². The van der Waals surface area contributed by atoms with Gasteiger partial charge < -0.3 is 9.47 Å². The van der Waals surface area contributed by atoms with E-state index in [1.165, 1.54) is 0 Å². The highest BCUT2D eigenvalue weighted by Gasteiger charge is 2.12. The van der Waals surface area contributed by atoms with E-state index in [0.29, 0.717) is 12.2 Å². The first-order chi connectivity index (χ1) is 11.1. The van der Waals surface area contributed by atoms with Crippen LogP contribution in [0.2, 0.25) is 0 Å². The topological polar surface area (TPSA) is 59.9 Å². The first-order valence-corrected chi connectivity index (χ1v) is 7.39. The van der Waals surface area contributed by atoms with Gasteiger partial charge in [0.05, 0.1) is 12.6 Å². The summed E-state index contributed by atoms with van der Waals surface area (Å²) in [5.41, 5.74) is 6.64. The van der Waals surface area contributed by atoms with Crippen molar-refractivity contribution in [3.8, 4) is 11.5 Å². The summed E-state index contributed by atoms with van der Waals surface area (Å²) in [6.07, 6.45) is 1.90. The second kappa shape index (κ2) is 6.52. The van der Waals surface area contributed by atoms with Crippen LogP contribution in [0.3, 0.4) is 0 Å². The van der Waals surface area contributed by atoms with Crippen LogP contribution in [-0.4, -0.2) is 18.9 Å². The summed E-state index contributed by atoms with van der Waals surface area (Å²) in [6.45, 7) is 4.25. The van der Waals surface area contributed by atoms with E-state index >= 15 is 0 Å². The standard InChI is InChI=1S/C18H18N2O3/c1-12-3-4-13(2)15(7-12)9-18(21)20-19-10-14-5-6-16-17(8-14)23-11-22-16/h3-8,10H,9,11H2,1-2H3,(H,20,21)/b19-10+. The molecule has 1 aliphatic heterocycles. The van der Waals surface area contributed by atoms with Gasteiger partial charge in [0.1, 0.15) is 0 Å². The van der Waals surface area contributed by atoms with E-state index in [4.69, 9.17) is 9.47 Å². The van der Waals surface area contributed by atoms with Gasteiger partial charge in [-0.25, -0.2) is 5.43 Å². The molecule has 2 aromatic carbocycles. The number of hydrogen-bond donors (Lipinski definition) is 1. The summed E-state index contributed by atoms with van der Waals surface area (Å²) < 4.78 is 10.5. The number of carbonyl (C=O) groups is 1. The van der Waals surface area contributed by atoms with Crippen molar-refractivity contribution in [1.82, 2.24) is 5.43 Å². The van der Waals surface area contributed by atoms with Gasteiger partial charge in [0, 0.05) is 0 Å². The second-order valence-corrected chi connectivity index (χ2v) is 5.51. The van der Waals surface area contributed by atoms with Crippen LogP contribution in [0, 0.1) is 13.8 Å². The van der Waals surface area contributed by atoms with Crippen LogP contribution in [0.25, 0.3) is 0 Å². The lowest BCUT2D eigenvalue weighted by molar-refractivity contribution is -0.120. The molecule has 23 heavy (non-hydrogen) atoms. The Morgan fingerprint density at radius 1 is 1.17 bits per heavy atom. The van der Waals surface area contributed by atoms with Crippen molar-refractivity contribution in [3.05, 3.63) is 58.7 Å². The number of rotatable bonds is 4. The molecule has 0 saturated heterocycles. The van der Waals surface area contributed by atoms with E-state index in [0.717, 1.165) is 28.0 Å². The first-order valence-electron chi connectivity index (χ1n) is 7.39. The number of nitrogens with one attached hydrogen (secondary N) is 1. The minimum atomic E-state index is -0.143. The number of ether oxygens (including phenoxy) is 2. The summed E-state index contributed by atoms with van der Waals surface area (Å²) in [5.74, 6) is 1.27. The molecule has 0 atom stereocenters. The average molecular weight is 310 g/mol. The van der Waals surface area contributed by atoms with E-state index in [1.54, 1.807) is 6.21 Å². The Kier molecular flexibility index (Phi) is 4.28. The highest BCUT2D eigenvalue weighted by molar-refractivity contribution is 5.84. The molecule has 1 N–H and O–H groups in total. The third kappa shape index (κ3) is 3.69.